The van der Waals surface area contributed by atoms with Crippen LogP contribution in [-0.4, -0.2) is 16.6 Å². The Balaban J connectivity index is 1.31. The Morgan fingerprint density at radius 2 is 1.90 bits per heavy atom. The molecule has 5 rings (SSSR count). The van der Waals surface area contributed by atoms with Gasteiger partial charge in [0.1, 0.15) is 0 Å². The highest BCUT2D eigenvalue weighted by molar-refractivity contribution is 8.00. The van der Waals surface area contributed by atoms with E-state index in [1.807, 2.05) is 42.5 Å². The quantitative estimate of drug-likeness (QED) is 0.374. The number of halogens is 1. The lowest BCUT2D eigenvalue weighted by molar-refractivity contribution is -0.113. The molecule has 0 fully saturated rings. The molecule has 0 saturated carbocycles. The minimum absolute atomic E-state index is 0.0570. The molecule has 1 aliphatic rings. The third-order valence-electron chi connectivity index (χ3n) is 5.01. The van der Waals surface area contributed by atoms with Gasteiger partial charge in [0.25, 0.3) is 0 Å². The Bertz CT molecular complexity index is 1230. The molecule has 1 N–H and O–H groups in total. The van der Waals surface area contributed by atoms with Crippen molar-refractivity contribution in [2.45, 2.75) is 17.7 Å². The zero-order valence-electron chi connectivity index (χ0n) is 15.4. The van der Waals surface area contributed by atoms with Crippen molar-refractivity contribution in [1.29, 1.82) is 0 Å². The largest absolute Gasteiger partial charge is 0.301 e. The van der Waals surface area contributed by atoms with Gasteiger partial charge in [-0.3, -0.25) is 4.79 Å². The molecule has 1 aromatic heterocycles. The number of fused-ring (bicyclic) bond motifs is 4. The van der Waals surface area contributed by atoms with Gasteiger partial charge in [-0.25, -0.2) is 4.98 Å². The van der Waals surface area contributed by atoms with Crippen LogP contribution in [0.3, 0.4) is 0 Å². The normalized spacial score (nSPS) is 12.4. The van der Waals surface area contributed by atoms with Crippen LogP contribution >= 0.6 is 34.7 Å². The van der Waals surface area contributed by atoms with Crippen LogP contribution in [-0.2, 0) is 17.6 Å². The second-order valence-corrected chi connectivity index (χ2v) is 9.39. The molecule has 4 aromatic rings. The molecule has 1 aliphatic carbocycles. The smallest absolute Gasteiger partial charge is 0.236 e. The van der Waals surface area contributed by atoms with E-state index in [1.165, 1.54) is 27.8 Å². The number of carbonyl (C=O) groups excluding carboxylic acids is 1. The summed E-state index contributed by atoms with van der Waals surface area (Å²) in [5.41, 5.74) is 3.53. The summed E-state index contributed by atoms with van der Waals surface area (Å²) >= 11 is 9.46. The van der Waals surface area contributed by atoms with E-state index in [4.69, 9.17) is 16.6 Å². The van der Waals surface area contributed by atoms with Gasteiger partial charge in [-0.2, -0.15) is 0 Å². The van der Waals surface area contributed by atoms with E-state index in [0.29, 0.717) is 15.9 Å². The number of aryl methyl sites for hydroxylation is 2. The molecular weight excluding hydrogens is 420 g/mol. The fraction of sp³-hybridized carbons (Fsp3) is 0.130. The van der Waals surface area contributed by atoms with Crippen molar-refractivity contribution < 1.29 is 4.79 Å². The number of hydrogen-bond acceptors (Lipinski definition) is 4. The van der Waals surface area contributed by atoms with E-state index in [-0.39, 0.29) is 5.91 Å². The summed E-state index contributed by atoms with van der Waals surface area (Å²) in [7, 11) is 0. The Kier molecular flexibility index (Phi) is 5.04. The van der Waals surface area contributed by atoms with E-state index < -0.39 is 0 Å². The van der Waals surface area contributed by atoms with Crippen molar-refractivity contribution in [2.75, 3.05) is 11.1 Å². The number of rotatable bonds is 4. The average Bonchev–Trinajstić information content (AvgIpc) is 3.15. The Labute approximate surface area is 182 Å². The van der Waals surface area contributed by atoms with Gasteiger partial charge in [0.15, 0.2) is 5.13 Å². The van der Waals surface area contributed by atoms with Crippen LogP contribution in [0.2, 0.25) is 5.02 Å². The van der Waals surface area contributed by atoms with Gasteiger partial charge in [-0.1, -0.05) is 60.1 Å². The summed E-state index contributed by atoms with van der Waals surface area (Å²) in [6.45, 7) is 0. The van der Waals surface area contributed by atoms with Crippen molar-refractivity contribution in [3.05, 3.63) is 76.1 Å². The highest BCUT2D eigenvalue weighted by Gasteiger charge is 2.21. The van der Waals surface area contributed by atoms with E-state index in [1.54, 1.807) is 11.3 Å². The topological polar surface area (TPSA) is 42.0 Å². The van der Waals surface area contributed by atoms with Crippen LogP contribution < -0.4 is 5.32 Å². The van der Waals surface area contributed by atoms with Gasteiger partial charge in [0.2, 0.25) is 5.91 Å². The number of carbonyl (C=O) groups is 1. The van der Waals surface area contributed by atoms with Gasteiger partial charge >= 0.3 is 0 Å². The maximum atomic E-state index is 12.6. The van der Waals surface area contributed by atoms with Crippen molar-refractivity contribution in [3.8, 4) is 11.3 Å². The number of thiazole rings is 1. The van der Waals surface area contributed by atoms with E-state index in [0.717, 1.165) is 34.2 Å². The minimum Gasteiger partial charge on any atom is -0.301 e. The van der Waals surface area contributed by atoms with Gasteiger partial charge in [0.05, 0.1) is 11.4 Å². The third kappa shape index (κ3) is 3.66. The lowest BCUT2D eigenvalue weighted by Gasteiger charge is -2.13. The standard InChI is InChI=1S/C23H17ClN2OS2/c24-17-9-3-6-15-7-4-10-18(21(15)17)28-13-20(27)25-23-26-22-16-8-2-1-5-14(16)11-12-19(22)29-23/h1-10H,11-13H2,(H,25,26,27). The molecule has 3 nitrogen and oxygen atoms in total. The van der Waals surface area contributed by atoms with Crippen LogP contribution in [0.1, 0.15) is 10.4 Å². The van der Waals surface area contributed by atoms with Crippen LogP contribution in [0.5, 0.6) is 0 Å². The van der Waals surface area contributed by atoms with Gasteiger partial charge in [0, 0.05) is 25.7 Å². The predicted octanol–water partition coefficient (Wildman–Crippen LogP) is 6.45. The van der Waals surface area contributed by atoms with Crippen molar-refractivity contribution in [2.24, 2.45) is 0 Å². The summed E-state index contributed by atoms with van der Waals surface area (Å²) in [6, 6.07) is 20.2. The summed E-state index contributed by atoms with van der Waals surface area (Å²) < 4.78 is 0. The van der Waals surface area contributed by atoms with Crippen molar-refractivity contribution >= 4 is 56.5 Å². The number of nitrogens with zero attached hydrogens (tertiary/aromatic N) is 1. The fourth-order valence-corrected chi connectivity index (χ4v) is 5.92. The molecule has 0 saturated heterocycles. The molecule has 1 heterocycles. The van der Waals surface area contributed by atoms with Crippen LogP contribution in [0.4, 0.5) is 5.13 Å². The summed E-state index contributed by atoms with van der Waals surface area (Å²) in [5, 5.41) is 6.43. The molecular formula is C23H17ClN2OS2. The summed E-state index contributed by atoms with van der Waals surface area (Å²) in [4.78, 5) is 19.5. The third-order valence-corrected chi connectivity index (χ3v) is 7.42. The molecule has 0 atom stereocenters. The molecule has 29 heavy (non-hydrogen) atoms. The minimum atomic E-state index is -0.0570. The highest BCUT2D eigenvalue weighted by atomic mass is 35.5. The predicted molar refractivity (Wildman–Crippen MR) is 123 cm³/mol. The molecule has 1 amide bonds. The van der Waals surface area contributed by atoms with Crippen molar-refractivity contribution in [3.63, 3.8) is 0 Å². The maximum absolute atomic E-state index is 12.6. The monoisotopic (exact) mass is 436 g/mol. The fourth-order valence-electron chi connectivity index (χ4n) is 3.68. The SMILES string of the molecule is O=C(CSc1cccc2cccc(Cl)c12)Nc1nc2c(s1)CCc1ccccc1-2. The molecule has 144 valence electrons. The van der Waals surface area contributed by atoms with Gasteiger partial charge < -0.3 is 5.32 Å². The molecule has 0 radical (unpaired) electrons. The Morgan fingerprint density at radius 1 is 1.07 bits per heavy atom. The first-order valence-corrected chi connectivity index (χ1v) is 11.5. The number of anilines is 1. The highest BCUT2D eigenvalue weighted by Crippen LogP contribution is 2.38. The maximum Gasteiger partial charge on any atom is 0.236 e. The lowest BCUT2D eigenvalue weighted by Crippen LogP contribution is -2.13. The number of aromatic nitrogens is 1. The number of amides is 1. The zero-order chi connectivity index (χ0) is 19.8. The second-order valence-electron chi connectivity index (χ2n) is 6.88. The van der Waals surface area contributed by atoms with Crippen LogP contribution in [0.15, 0.2) is 65.6 Å². The molecule has 3 aromatic carbocycles. The van der Waals surface area contributed by atoms with Crippen molar-refractivity contribution in [1.82, 2.24) is 4.98 Å². The van der Waals surface area contributed by atoms with E-state index >= 15 is 0 Å². The summed E-state index contributed by atoms with van der Waals surface area (Å²) in [6.07, 6.45) is 2.00. The molecule has 6 heteroatoms. The zero-order valence-corrected chi connectivity index (χ0v) is 17.8. The summed E-state index contributed by atoms with van der Waals surface area (Å²) in [5.74, 6) is 0.254. The molecule has 0 unspecified atom stereocenters. The number of hydrogen-bond donors (Lipinski definition) is 1. The number of benzene rings is 3. The van der Waals surface area contributed by atoms with Crippen LogP contribution in [0.25, 0.3) is 22.0 Å². The lowest BCUT2D eigenvalue weighted by atomic mass is 9.94. The van der Waals surface area contributed by atoms with Gasteiger partial charge in [-0.15, -0.1) is 23.1 Å². The first-order chi connectivity index (χ1) is 14.2. The first kappa shape index (κ1) is 18.7. The molecule has 0 spiro atoms. The van der Waals surface area contributed by atoms with E-state index in [9.17, 15) is 4.79 Å². The second kappa shape index (κ2) is 7.82. The Hall–Kier alpha value is -2.34. The van der Waals surface area contributed by atoms with E-state index in [2.05, 4.69) is 23.5 Å². The van der Waals surface area contributed by atoms with Gasteiger partial charge in [-0.05, 0) is 35.9 Å². The average molecular weight is 437 g/mol. The number of nitrogens with one attached hydrogen (secondary N) is 1. The Morgan fingerprint density at radius 3 is 2.79 bits per heavy atom. The molecule has 0 bridgehead atoms. The molecule has 0 aliphatic heterocycles. The first-order valence-electron chi connectivity index (χ1n) is 9.37. The van der Waals surface area contributed by atoms with Crippen LogP contribution in [0, 0.1) is 0 Å². The number of thioether (sulfide) groups is 1.